The Kier molecular flexibility index (Phi) is 16.0. The molecule has 2 N–H and O–H groups in total. The van der Waals surface area contributed by atoms with Crippen molar-refractivity contribution >= 4 is 11.9 Å². The number of carboxylic acids is 1. The molecule has 41 heavy (non-hydrogen) atoms. The van der Waals surface area contributed by atoms with Gasteiger partial charge < -0.3 is 29.4 Å². The van der Waals surface area contributed by atoms with Gasteiger partial charge in [-0.2, -0.15) is 13.2 Å². The average molecular weight is 590 g/mol. The Bertz CT molecular complexity index is 923. The molecule has 8 nitrogen and oxygen atoms in total. The maximum Gasteiger partial charge on any atom is 0.490 e. The number of hydrogen-bond donors (Lipinski definition) is 2. The highest BCUT2D eigenvalue weighted by molar-refractivity contribution is 5.73. The van der Waals surface area contributed by atoms with Gasteiger partial charge >= 0.3 is 18.1 Å². The lowest BCUT2D eigenvalue weighted by Gasteiger charge is -2.28. The van der Waals surface area contributed by atoms with Crippen molar-refractivity contribution in [1.29, 1.82) is 0 Å². The Hall–Kier alpha value is -2.63. The predicted molar refractivity (Wildman–Crippen MR) is 149 cm³/mol. The number of unbranched alkanes of at least 4 members (excludes halogenated alkanes) is 1. The van der Waals surface area contributed by atoms with Crippen LogP contribution in [0.25, 0.3) is 0 Å². The molecule has 234 valence electrons. The molecule has 1 saturated heterocycles. The standard InChI is InChI=1S/C28H45NO5.C2HF3O2/c1-7-8-11-25(33-19-22-12-14-23(15-13-22)28(3,4)5)26(31-6)17-21(2)29-18-27(30)34-24-10-9-16-32-20-24;3-2(4,5)1(6)7/h12-15,24-26,29H,2,7-11,16-20H2,1,3-6H3;(H,6,7)/t24-,25-,26+;/m1./s1. The number of methoxy groups -OCH3 is 1. The van der Waals surface area contributed by atoms with E-state index < -0.39 is 12.1 Å². The maximum absolute atomic E-state index is 12.2. The third-order valence-electron chi connectivity index (χ3n) is 6.43. The second kappa shape index (κ2) is 18.0. The van der Waals surface area contributed by atoms with Gasteiger partial charge in [-0.3, -0.25) is 4.79 Å². The molecule has 1 heterocycles. The van der Waals surface area contributed by atoms with Gasteiger partial charge in [0.2, 0.25) is 0 Å². The van der Waals surface area contributed by atoms with E-state index in [4.69, 9.17) is 28.8 Å². The van der Waals surface area contributed by atoms with Crippen molar-refractivity contribution in [2.45, 2.75) is 103 Å². The number of esters is 1. The third kappa shape index (κ3) is 15.2. The number of carbonyl (C=O) groups is 2. The Morgan fingerprint density at radius 2 is 1.80 bits per heavy atom. The minimum absolute atomic E-state index is 0.0582. The lowest BCUT2D eigenvalue weighted by molar-refractivity contribution is -0.192. The number of rotatable bonds is 14. The molecule has 0 aliphatic carbocycles. The van der Waals surface area contributed by atoms with E-state index in [9.17, 15) is 18.0 Å². The molecule has 0 aromatic heterocycles. The van der Waals surface area contributed by atoms with Crippen LogP contribution in [0.1, 0.15) is 77.3 Å². The van der Waals surface area contributed by atoms with Crippen LogP contribution < -0.4 is 5.32 Å². The first-order valence-corrected chi connectivity index (χ1v) is 13.9. The zero-order valence-corrected chi connectivity index (χ0v) is 24.9. The van der Waals surface area contributed by atoms with E-state index in [1.807, 2.05) is 0 Å². The van der Waals surface area contributed by atoms with Gasteiger partial charge in [-0.1, -0.05) is 71.4 Å². The van der Waals surface area contributed by atoms with E-state index in [2.05, 4.69) is 63.9 Å². The van der Waals surface area contributed by atoms with Crippen LogP contribution in [-0.4, -0.2) is 68.4 Å². The number of hydrogen-bond acceptors (Lipinski definition) is 7. The summed E-state index contributed by atoms with van der Waals surface area (Å²) in [6, 6.07) is 8.64. The first-order chi connectivity index (χ1) is 19.2. The van der Waals surface area contributed by atoms with Gasteiger partial charge in [-0.15, -0.1) is 0 Å². The minimum atomic E-state index is -5.08. The van der Waals surface area contributed by atoms with Crippen molar-refractivity contribution in [3.8, 4) is 0 Å². The van der Waals surface area contributed by atoms with Crippen molar-refractivity contribution in [2.24, 2.45) is 0 Å². The number of nitrogens with one attached hydrogen (secondary N) is 1. The molecule has 0 unspecified atom stereocenters. The summed E-state index contributed by atoms with van der Waals surface area (Å²) < 4.78 is 54.7. The number of aliphatic carboxylic acids is 1. The Morgan fingerprint density at radius 3 is 2.29 bits per heavy atom. The second-order valence-corrected chi connectivity index (χ2v) is 11.0. The number of halogens is 3. The maximum atomic E-state index is 12.2. The first-order valence-electron chi connectivity index (χ1n) is 13.9. The summed E-state index contributed by atoms with van der Waals surface area (Å²) in [6.07, 6.45) is -0.0379. The largest absolute Gasteiger partial charge is 0.490 e. The highest BCUT2D eigenvalue weighted by atomic mass is 19.4. The van der Waals surface area contributed by atoms with Crippen molar-refractivity contribution in [3.05, 3.63) is 47.7 Å². The molecule has 3 atom stereocenters. The minimum Gasteiger partial charge on any atom is -0.475 e. The van der Waals surface area contributed by atoms with E-state index in [0.29, 0.717) is 19.6 Å². The molecular weight excluding hydrogens is 543 g/mol. The van der Waals surface area contributed by atoms with E-state index in [1.165, 1.54) is 5.56 Å². The van der Waals surface area contributed by atoms with Crippen LogP contribution in [0.4, 0.5) is 13.2 Å². The summed E-state index contributed by atoms with van der Waals surface area (Å²) in [5.41, 5.74) is 3.33. The second-order valence-electron chi connectivity index (χ2n) is 11.0. The van der Waals surface area contributed by atoms with Crippen LogP contribution in [0.2, 0.25) is 0 Å². The molecule has 1 aliphatic rings. The summed E-state index contributed by atoms with van der Waals surface area (Å²) in [7, 11) is 1.70. The van der Waals surface area contributed by atoms with Crippen LogP contribution >= 0.6 is 0 Å². The van der Waals surface area contributed by atoms with E-state index in [1.54, 1.807) is 7.11 Å². The van der Waals surface area contributed by atoms with Gasteiger partial charge in [0.05, 0.1) is 25.4 Å². The number of benzene rings is 1. The molecule has 0 saturated carbocycles. The molecule has 0 radical (unpaired) electrons. The van der Waals surface area contributed by atoms with Gasteiger partial charge in [-0.05, 0) is 35.8 Å². The zero-order valence-electron chi connectivity index (χ0n) is 24.9. The first kappa shape index (κ1) is 36.4. The molecular formula is C30H46F3NO7. The van der Waals surface area contributed by atoms with Crippen molar-refractivity contribution in [1.82, 2.24) is 5.32 Å². The highest BCUT2D eigenvalue weighted by Crippen LogP contribution is 2.24. The van der Waals surface area contributed by atoms with Gasteiger partial charge in [0.15, 0.2) is 0 Å². The van der Waals surface area contributed by atoms with E-state index in [0.717, 1.165) is 50.0 Å². The molecule has 1 aliphatic heterocycles. The molecule has 2 rings (SSSR count). The number of alkyl halides is 3. The van der Waals surface area contributed by atoms with Crippen LogP contribution in [0.15, 0.2) is 36.5 Å². The predicted octanol–water partition coefficient (Wildman–Crippen LogP) is 5.92. The zero-order chi connectivity index (χ0) is 31.1. The summed E-state index contributed by atoms with van der Waals surface area (Å²) in [5.74, 6) is -3.05. The number of ether oxygens (including phenoxy) is 4. The molecule has 1 aromatic rings. The Labute approximate surface area is 241 Å². The molecule has 0 bridgehead atoms. The summed E-state index contributed by atoms with van der Waals surface area (Å²) in [4.78, 5) is 21.0. The van der Waals surface area contributed by atoms with Gasteiger partial charge in [0.1, 0.15) is 12.6 Å². The fourth-order valence-corrected chi connectivity index (χ4v) is 4.00. The average Bonchev–Trinajstić information content (AvgIpc) is 2.91. The van der Waals surface area contributed by atoms with Gasteiger partial charge in [0.25, 0.3) is 0 Å². The van der Waals surface area contributed by atoms with Gasteiger partial charge in [0, 0.05) is 25.8 Å². The van der Waals surface area contributed by atoms with E-state index >= 15 is 0 Å². The molecule has 0 spiro atoms. The monoisotopic (exact) mass is 589 g/mol. The Morgan fingerprint density at radius 1 is 1.17 bits per heavy atom. The van der Waals surface area contributed by atoms with Crippen LogP contribution in [-0.2, 0) is 40.6 Å². The van der Waals surface area contributed by atoms with Crippen LogP contribution in [0.3, 0.4) is 0 Å². The van der Waals surface area contributed by atoms with Gasteiger partial charge in [-0.25, -0.2) is 4.79 Å². The fourth-order valence-electron chi connectivity index (χ4n) is 4.00. The fraction of sp³-hybridized carbons (Fsp3) is 0.667. The molecule has 0 amide bonds. The molecule has 11 heteroatoms. The third-order valence-corrected chi connectivity index (χ3v) is 6.43. The van der Waals surface area contributed by atoms with Crippen molar-refractivity contribution in [3.63, 3.8) is 0 Å². The lowest BCUT2D eigenvalue weighted by Crippen LogP contribution is -2.35. The van der Waals surface area contributed by atoms with E-state index in [-0.39, 0.29) is 36.2 Å². The molecule has 1 fully saturated rings. The normalized spacial score (nSPS) is 17.0. The quantitative estimate of drug-likeness (QED) is 0.258. The SMILES string of the molecule is C=C(C[C@H](OC)[C@@H](CCCC)OCc1ccc(C(C)(C)C)cc1)NCC(=O)O[C@@H]1CCCOC1.O=C(O)C(F)(F)F. The van der Waals surface area contributed by atoms with Crippen LogP contribution in [0, 0.1) is 0 Å². The van der Waals surface area contributed by atoms with Crippen LogP contribution in [0.5, 0.6) is 0 Å². The summed E-state index contributed by atoms with van der Waals surface area (Å²) in [6.45, 7) is 14.8. The summed E-state index contributed by atoms with van der Waals surface area (Å²) in [5, 5.41) is 10.2. The highest BCUT2D eigenvalue weighted by Gasteiger charge is 2.38. The van der Waals surface area contributed by atoms with Crippen molar-refractivity contribution in [2.75, 3.05) is 26.9 Å². The number of carbonyl (C=O) groups excluding carboxylic acids is 1. The topological polar surface area (TPSA) is 103 Å². The lowest BCUT2D eigenvalue weighted by atomic mass is 9.87. The Balaban J connectivity index is 0.00000106. The smallest absolute Gasteiger partial charge is 0.475 e. The summed E-state index contributed by atoms with van der Waals surface area (Å²) >= 11 is 0. The van der Waals surface area contributed by atoms with Crippen molar-refractivity contribution < 1.29 is 46.8 Å². The number of carboxylic acid groups (broad SMARTS) is 1. The molecule has 1 aromatic carbocycles.